The molecule has 2 rings (SSSR count). The standard InChI is InChI=1S/C24H30Cl2N2O2S/c1-16(2)12-27-24(30)18(4)28(13-19-7-5-17(3)6-8-19)23(29)15-31-14-20-9-10-21(25)22(26)11-20/h5-11,16,18H,12-15H2,1-4H3,(H,27,30). The Hall–Kier alpha value is -1.69. The first-order chi connectivity index (χ1) is 14.7. The Balaban J connectivity index is 2.05. The van der Waals surface area contributed by atoms with E-state index < -0.39 is 6.04 Å². The molecule has 7 heteroatoms. The van der Waals surface area contributed by atoms with Crippen molar-refractivity contribution in [3.63, 3.8) is 0 Å². The van der Waals surface area contributed by atoms with E-state index in [9.17, 15) is 9.59 Å². The maximum Gasteiger partial charge on any atom is 0.242 e. The van der Waals surface area contributed by atoms with Gasteiger partial charge in [0.2, 0.25) is 11.8 Å². The van der Waals surface area contributed by atoms with E-state index in [2.05, 4.69) is 5.32 Å². The highest BCUT2D eigenvalue weighted by molar-refractivity contribution is 7.99. The monoisotopic (exact) mass is 480 g/mol. The first-order valence-corrected chi connectivity index (χ1v) is 12.2. The third kappa shape index (κ3) is 8.40. The van der Waals surface area contributed by atoms with Crippen molar-refractivity contribution in [3.05, 3.63) is 69.2 Å². The second kappa shape index (κ2) is 12.4. The molecule has 1 unspecified atom stereocenters. The van der Waals surface area contributed by atoms with Gasteiger partial charge >= 0.3 is 0 Å². The molecule has 0 radical (unpaired) electrons. The number of benzene rings is 2. The quantitative estimate of drug-likeness (QED) is 0.472. The van der Waals surface area contributed by atoms with Gasteiger partial charge in [-0.2, -0.15) is 0 Å². The van der Waals surface area contributed by atoms with Gasteiger partial charge in [0.25, 0.3) is 0 Å². The van der Waals surface area contributed by atoms with E-state index in [1.807, 2.05) is 57.2 Å². The Labute approximate surface area is 199 Å². The number of hydrogen-bond donors (Lipinski definition) is 1. The van der Waals surface area contributed by atoms with E-state index in [0.29, 0.717) is 34.8 Å². The fourth-order valence-electron chi connectivity index (χ4n) is 2.89. The van der Waals surface area contributed by atoms with Gasteiger partial charge in [-0.05, 0) is 43.0 Å². The SMILES string of the molecule is Cc1ccc(CN(C(=O)CSCc2ccc(Cl)c(Cl)c2)C(C)C(=O)NCC(C)C)cc1. The van der Waals surface area contributed by atoms with Gasteiger partial charge in [-0.1, -0.05) is 72.9 Å². The van der Waals surface area contributed by atoms with E-state index in [1.54, 1.807) is 17.9 Å². The molecule has 0 saturated heterocycles. The van der Waals surface area contributed by atoms with E-state index in [1.165, 1.54) is 11.8 Å². The molecule has 0 saturated carbocycles. The van der Waals surface area contributed by atoms with E-state index in [0.717, 1.165) is 16.7 Å². The Bertz CT molecular complexity index is 888. The van der Waals surface area contributed by atoms with Crippen LogP contribution in [-0.2, 0) is 21.9 Å². The summed E-state index contributed by atoms with van der Waals surface area (Å²) < 4.78 is 0. The van der Waals surface area contributed by atoms with Crippen LogP contribution in [-0.4, -0.2) is 35.1 Å². The van der Waals surface area contributed by atoms with Gasteiger partial charge in [-0.3, -0.25) is 9.59 Å². The molecule has 0 fully saturated rings. The third-order valence-electron chi connectivity index (χ3n) is 4.80. The highest BCUT2D eigenvalue weighted by Gasteiger charge is 2.26. The summed E-state index contributed by atoms with van der Waals surface area (Å²) in [5.41, 5.74) is 3.15. The Kier molecular flexibility index (Phi) is 10.2. The molecule has 0 spiro atoms. The zero-order valence-electron chi connectivity index (χ0n) is 18.5. The van der Waals surface area contributed by atoms with Crippen molar-refractivity contribution >= 4 is 46.8 Å². The minimum Gasteiger partial charge on any atom is -0.354 e. The number of carbonyl (C=O) groups is 2. The molecule has 2 amide bonds. The van der Waals surface area contributed by atoms with Gasteiger partial charge in [-0.25, -0.2) is 0 Å². The number of thioether (sulfide) groups is 1. The van der Waals surface area contributed by atoms with Crippen molar-refractivity contribution in [2.24, 2.45) is 5.92 Å². The number of amides is 2. The van der Waals surface area contributed by atoms with Crippen LogP contribution < -0.4 is 5.32 Å². The van der Waals surface area contributed by atoms with Crippen LogP contribution in [0.4, 0.5) is 0 Å². The van der Waals surface area contributed by atoms with Gasteiger partial charge in [0.1, 0.15) is 6.04 Å². The lowest BCUT2D eigenvalue weighted by molar-refractivity contribution is -0.138. The number of rotatable bonds is 10. The number of nitrogens with one attached hydrogen (secondary N) is 1. The molecule has 0 heterocycles. The van der Waals surface area contributed by atoms with Crippen molar-refractivity contribution in [1.82, 2.24) is 10.2 Å². The molecule has 2 aromatic carbocycles. The molecule has 0 aliphatic rings. The van der Waals surface area contributed by atoms with Gasteiger partial charge in [-0.15, -0.1) is 11.8 Å². The lowest BCUT2D eigenvalue weighted by Gasteiger charge is -2.29. The highest BCUT2D eigenvalue weighted by Crippen LogP contribution is 2.25. The van der Waals surface area contributed by atoms with Crippen molar-refractivity contribution in [2.45, 2.75) is 46.0 Å². The average molecular weight is 481 g/mol. The lowest BCUT2D eigenvalue weighted by Crippen LogP contribution is -2.48. The summed E-state index contributed by atoms with van der Waals surface area (Å²) >= 11 is 13.5. The van der Waals surface area contributed by atoms with Crippen LogP contribution in [0.25, 0.3) is 0 Å². The van der Waals surface area contributed by atoms with E-state index in [4.69, 9.17) is 23.2 Å². The minimum absolute atomic E-state index is 0.0715. The number of aryl methyl sites for hydroxylation is 1. The largest absolute Gasteiger partial charge is 0.354 e. The van der Waals surface area contributed by atoms with Crippen molar-refractivity contribution < 1.29 is 9.59 Å². The summed E-state index contributed by atoms with van der Waals surface area (Å²) in [6, 6.07) is 12.9. The number of hydrogen-bond acceptors (Lipinski definition) is 3. The molecule has 0 bridgehead atoms. The number of halogens is 2. The summed E-state index contributed by atoms with van der Waals surface area (Å²) in [5, 5.41) is 3.95. The van der Waals surface area contributed by atoms with Crippen LogP contribution in [0.15, 0.2) is 42.5 Å². The first kappa shape index (κ1) is 25.6. The smallest absolute Gasteiger partial charge is 0.242 e. The zero-order valence-corrected chi connectivity index (χ0v) is 20.8. The maximum atomic E-state index is 13.1. The van der Waals surface area contributed by atoms with Crippen LogP contribution >= 0.6 is 35.0 Å². The van der Waals surface area contributed by atoms with Crippen molar-refractivity contribution in [1.29, 1.82) is 0 Å². The van der Waals surface area contributed by atoms with Gasteiger partial charge in [0, 0.05) is 18.8 Å². The third-order valence-corrected chi connectivity index (χ3v) is 6.53. The van der Waals surface area contributed by atoms with Gasteiger partial charge in [0.15, 0.2) is 0 Å². The van der Waals surface area contributed by atoms with Crippen LogP contribution in [0.2, 0.25) is 10.0 Å². The highest BCUT2D eigenvalue weighted by atomic mass is 35.5. The van der Waals surface area contributed by atoms with Crippen LogP contribution in [0, 0.1) is 12.8 Å². The van der Waals surface area contributed by atoms with Crippen LogP contribution in [0.5, 0.6) is 0 Å². The normalized spacial score (nSPS) is 12.0. The molecule has 0 aliphatic heterocycles. The fourth-order valence-corrected chi connectivity index (χ4v) is 4.07. The van der Waals surface area contributed by atoms with E-state index >= 15 is 0 Å². The summed E-state index contributed by atoms with van der Waals surface area (Å²) in [6.07, 6.45) is 0. The molecule has 31 heavy (non-hydrogen) atoms. The molecule has 0 aromatic heterocycles. The molecule has 168 valence electrons. The Morgan fingerprint density at radius 2 is 1.65 bits per heavy atom. The second-order valence-electron chi connectivity index (χ2n) is 8.06. The predicted octanol–water partition coefficient (Wildman–Crippen LogP) is 5.72. The number of carbonyl (C=O) groups excluding carboxylic acids is 2. The molecule has 0 aliphatic carbocycles. The minimum atomic E-state index is -0.557. The summed E-state index contributed by atoms with van der Waals surface area (Å²) in [5.74, 6) is 1.05. The maximum absolute atomic E-state index is 13.1. The molecule has 4 nitrogen and oxygen atoms in total. The van der Waals surface area contributed by atoms with Gasteiger partial charge < -0.3 is 10.2 Å². The molecule has 1 atom stereocenters. The lowest BCUT2D eigenvalue weighted by atomic mass is 10.1. The van der Waals surface area contributed by atoms with Crippen LogP contribution in [0.3, 0.4) is 0 Å². The summed E-state index contributed by atoms with van der Waals surface area (Å²) in [6.45, 7) is 8.86. The topological polar surface area (TPSA) is 49.4 Å². The molecular formula is C24H30Cl2N2O2S. The summed E-state index contributed by atoms with van der Waals surface area (Å²) in [4.78, 5) is 27.4. The zero-order chi connectivity index (χ0) is 23.0. The molecule has 1 N–H and O–H groups in total. The Morgan fingerprint density at radius 1 is 1.00 bits per heavy atom. The molecular weight excluding hydrogens is 451 g/mol. The van der Waals surface area contributed by atoms with Crippen molar-refractivity contribution in [2.75, 3.05) is 12.3 Å². The number of nitrogens with zero attached hydrogens (tertiary/aromatic N) is 1. The van der Waals surface area contributed by atoms with E-state index in [-0.39, 0.29) is 17.6 Å². The van der Waals surface area contributed by atoms with Crippen molar-refractivity contribution in [3.8, 4) is 0 Å². The summed E-state index contributed by atoms with van der Waals surface area (Å²) in [7, 11) is 0. The molecule has 2 aromatic rings. The fraction of sp³-hybridized carbons (Fsp3) is 0.417. The van der Waals surface area contributed by atoms with Crippen LogP contribution in [0.1, 0.15) is 37.5 Å². The van der Waals surface area contributed by atoms with Gasteiger partial charge in [0.05, 0.1) is 15.8 Å². The second-order valence-corrected chi connectivity index (χ2v) is 9.86. The average Bonchev–Trinajstić information content (AvgIpc) is 2.73. The Morgan fingerprint density at radius 3 is 2.26 bits per heavy atom. The predicted molar refractivity (Wildman–Crippen MR) is 132 cm³/mol. The first-order valence-electron chi connectivity index (χ1n) is 10.3.